The summed E-state index contributed by atoms with van der Waals surface area (Å²) < 4.78 is 18.5. The SMILES string of the molecule is COc1ccc(-c2nc(-c3ccc(Cl)cc3)n(CCC(=O)OC(C)CN(C)C)c2-c2ccc(OC)cc2)cc1.Cl.Cl. The molecule has 0 N–H and O–H groups in total. The van der Waals surface area contributed by atoms with E-state index >= 15 is 0 Å². The van der Waals surface area contributed by atoms with Gasteiger partial charge in [-0.3, -0.25) is 4.79 Å². The lowest BCUT2D eigenvalue weighted by molar-refractivity contribution is -0.149. The molecule has 0 bridgehead atoms. The van der Waals surface area contributed by atoms with E-state index < -0.39 is 0 Å². The predicted molar refractivity (Wildman–Crippen MR) is 170 cm³/mol. The summed E-state index contributed by atoms with van der Waals surface area (Å²) in [7, 11) is 7.19. The molecule has 220 valence electrons. The van der Waals surface area contributed by atoms with Gasteiger partial charge in [-0.1, -0.05) is 11.6 Å². The van der Waals surface area contributed by atoms with Crippen LogP contribution < -0.4 is 9.47 Å². The minimum absolute atomic E-state index is 0. The van der Waals surface area contributed by atoms with Crippen LogP contribution in [0.4, 0.5) is 0 Å². The third kappa shape index (κ3) is 8.63. The summed E-state index contributed by atoms with van der Waals surface area (Å²) in [5, 5.41) is 0.640. The van der Waals surface area contributed by atoms with E-state index in [4.69, 9.17) is 30.8 Å². The Kier molecular flexibility index (Phi) is 13.0. The van der Waals surface area contributed by atoms with Crippen LogP contribution in [0.25, 0.3) is 33.9 Å². The molecule has 10 heteroatoms. The van der Waals surface area contributed by atoms with Crippen molar-refractivity contribution in [3.05, 3.63) is 77.8 Å². The van der Waals surface area contributed by atoms with Gasteiger partial charge in [0.25, 0.3) is 0 Å². The quantitative estimate of drug-likeness (QED) is 0.164. The highest BCUT2D eigenvalue weighted by Gasteiger charge is 2.23. The van der Waals surface area contributed by atoms with E-state index in [1.165, 1.54) is 0 Å². The summed E-state index contributed by atoms with van der Waals surface area (Å²) in [5.41, 5.74) is 4.45. The van der Waals surface area contributed by atoms with Gasteiger partial charge in [0.05, 0.1) is 32.0 Å². The van der Waals surface area contributed by atoms with Gasteiger partial charge in [0.15, 0.2) is 0 Å². The molecule has 0 aliphatic carbocycles. The fraction of sp³-hybridized carbons (Fsp3) is 0.290. The zero-order valence-corrected chi connectivity index (χ0v) is 26.2. The average molecular weight is 621 g/mol. The minimum Gasteiger partial charge on any atom is -0.497 e. The van der Waals surface area contributed by atoms with Gasteiger partial charge in [0, 0.05) is 34.8 Å². The van der Waals surface area contributed by atoms with Crippen LogP contribution in [0.3, 0.4) is 0 Å². The zero-order chi connectivity index (χ0) is 27.9. The van der Waals surface area contributed by atoms with Gasteiger partial charge in [-0.2, -0.15) is 0 Å². The molecule has 0 saturated heterocycles. The summed E-state index contributed by atoms with van der Waals surface area (Å²) in [5.74, 6) is 1.99. The lowest BCUT2D eigenvalue weighted by atomic mass is 10.0. The number of halogens is 3. The summed E-state index contributed by atoms with van der Waals surface area (Å²) in [6.07, 6.45) is -0.0122. The van der Waals surface area contributed by atoms with Crippen molar-refractivity contribution in [3.8, 4) is 45.4 Å². The molecule has 1 aromatic heterocycles. The Balaban J connectivity index is 0.00000294. The summed E-state index contributed by atoms with van der Waals surface area (Å²) >= 11 is 6.20. The molecule has 4 rings (SSSR count). The van der Waals surface area contributed by atoms with Gasteiger partial charge in [-0.15, -0.1) is 24.8 Å². The van der Waals surface area contributed by atoms with Crippen molar-refractivity contribution in [1.82, 2.24) is 14.5 Å². The summed E-state index contributed by atoms with van der Waals surface area (Å²) in [6.45, 7) is 2.94. The standard InChI is InChI=1S/C31H34ClN3O4.2ClH/c1-21(20-34(2)3)39-28(36)18-19-35-30(23-10-16-27(38-5)17-11-23)29(22-8-14-26(37-4)15-9-22)33-31(35)24-6-12-25(32)13-7-24;;/h6-17,21H,18-20H2,1-5H3;2*1H. The molecule has 0 spiro atoms. The Morgan fingerprint density at radius 1 is 0.854 bits per heavy atom. The van der Waals surface area contributed by atoms with Gasteiger partial charge in [-0.05, 0) is 93.8 Å². The predicted octanol–water partition coefficient (Wildman–Crippen LogP) is 7.28. The monoisotopic (exact) mass is 619 g/mol. The van der Waals surface area contributed by atoms with Crippen LogP contribution in [0.2, 0.25) is 5.02 Å². The van der Waals surface area contributed by atoms with Crippen molar-refractivity contribution >= 4 is 42.4 Å². The number of imidazole rings is 1. The number of ether oxygens (including phenoxy) is 3. The van der Waals surface area contributed by atoms with E-state index in [1.54, 1.807) is 14.2 Å². The number of carbonyl (C=O) groups excluding carboxylic acids is 1. The first kappa shape index (κ1) is 34.0. The molecule has 1 heterocycles. The molecule has 7 nitrogen and oxygen atoms in total. The number of methoxy groups -OCH3 is 2. The molecule has 1 atom stereocenters. The van der Waals surface area contributed by atoms with Gasteiger partial charge in [-0.25, -0.2) is 4.98 Å². The van der Waals surface area contributed by atoms with Crippen LogP contribution in [0.5, 0.6) is 11.5 Å². The second-order valence-electron chi connectivity index (χ2n) is 9.56. The number of aromatic nitrogens is 2. The van der Waals surface area contributed by atoms with Crippen molar-refractivity contribution in [3.63, 3.8) is 0 Å². The van der Waals surface area contributed by atoms with E-state index in [9.17, 15) is 4.79 Å². The zero-order valence-electron chi connectivity index (χ0n) is 23.8. The highest BCUT2D eigenvalue weighted by atomic mass is 35.5. The van der Waals surface area contributed by atoms with Gasteiger partial charge in [0.1, 0.15) is 23.4 Å². The molecular weight excluding hydrogens is 585 g/mol. The number of nitrogens with zero attached hydrogens (tertiary/aromatic N) is 3. The van der Waals surface area contributed by atoms with Crippen molar-refractivity contribution < 1.29 is 19.0 Å². The minimum atomic E-state index is -0.258. The van der Waals surface area contributed by atoms with Crippen molar-refractivity contribution in [2.75, 3.05) is 34.9 Å². The number of rotatable bonds is 11. The van der Waals surface area contributed by atoms with E-state index in [-0.39, 0.29) is 43.3 Å². The first-order valence-corrected chi connectivity index (χ1v) is 13.2. The van der Waals surface area contributed by atoms with Crippen LogP contribution in [0, 0.1) is 0 Å². The first-order valence-electron chi connectivity index (χ1n) is 12.8. The van der Waals surface area contributed by atoms with E-state index in [2.05, 4.69) is 4.57 Å². The van der Waals surface area contributed by atoms with Gasteiger partial charge >= 0.3 is 5.97 Å². The Hall–Kier alpha value is -3.23. The number of benzene rings is 3. The Bertz CT molecular complexity index is 1390. The second kappa shape index (κ2) is 15.7. The molecule has 0 amide bonds. The molecule has 3 aromatic carbocycles. The maximum Gasteiger partial charge on any atom is 0.307 e. The van der Waals surface area contributed by atoms with Crippen LogP contribution in [-0.2, 0) is 16.1 Å². The third-order valence-corrected chi connectivity index (χ3v) is 6.54. The maximum atomic E-state index is 12.9. The Labute approximate surface area is 259 Å². The number of hydrogen-bond donors (Lipinski definition) is 0. The number of likely N-dealkylation sites (N-methyl/N-ethyl adjacent to an activating group) is 1. The number of carbonyl (C=O) groups is 1. The van der Waals surface area contributed by atoms with Crippen molar-refractivity contribution in [1.29, 1.82) is 0 Å². The molecule has 0 aliphatic heterocycles. The van der Waals surface area contributed by atoms with E-state index in [1.807, 2.05) is 98.7 Å². The topological polar surface area (TPSA) is 65.8 Å². The fourth-order valence-corrected chi connectivity index (χ4v) is 4.65. The normalized spacial score (nSPS) is 11.3. The summed E-state index contributed by atoms with van der Waals surface area (Å²) in [4.78, 5) is 20.0. The first-order chi connectivity index (χ1) is 18.8. The van der Waals surface area contributed by atoms with Crippen molar-refractivity contribution in [2.45, 2.75) is 26.0 Å². The van der Waals surface area contributed by atoms with Crippen molar-refractivity contribution in [2.24, 2.45) is 0 Å². The van der Waals surface area contributed by atoms with Gasteiger partial charge in [0.2, 0.25) is 0 Å². The van der Waals surface area contributed by atoms with Crippen LogP contribution in [0.1, 0.15) is 13.3 Å². The number of esters is 1. The molecule has 0 saturated carbocycles. The second-order valence-corrected chi connectivity index (χ2v) is 10.00. The number of hydrogen-bond acceptors (Lipinski definition) is 6. The highest BCUT2D eigenvalue weighted by Crippen LogP contribution is 2.38. The van der Waals surface area contributed by atoms with Crippen LogP contribution in [0.15, 0.2) is 72.8 Å². The molecular formula is C31H36Cl3N3O4. The molecule has 4 aromatic rings. The lowest BCUT2D eigenvalue weighted by Crippen LogP contribution is -2.28. The fourth-order valence-electron chi connectivity index (χ4n) is 4.52. The highest BCUT2D eigenvalue weighted by molar-refractivity contribution is 6.30. The van der Waals surface area contributed by atoms with E-state index in [0.29, 0.717) is 18.1 Å². The average Bonchev–Trinajstić information content (AvgIpc) is 3.31. The largest absolute Gasteiger partial charge is 0.497 e. The van der Waals surface area contributed by atoms with E-state index in [0.717, 1.165) is 45.4 Å². The third-order valence-electron chi connectivity index (χ3n) is 6.29. The maximum absolute atomic E-state index is 12.9. The molecule has 0 aliphatic rings. The molecule has 0 fully saturated rings. The Morgan fingerprint density at radius 2 is 1.37 bits per heavy atom. The molecule has 1 unspecified atom stereocenters. The lowest BCUT2D eigenvalue weighted by Gasteiger charge is -2.18. The molecule has 41 heavy (non-hydrogen) atoms. The van der Waals surface area contributed by atoms with Crippen LogP contribution in [-0.4, -0.2) is 61.4 Å². The smallest absolute Gasteiger partial charge is 0.307 e. The van der Waals surface area contributed by atoms with Gasteiger partial charge < -0.3 is 23.7 Å². The van der Waals surface area contributed by atoms with Crippen LogP contribution >= 0.6 is 36.4 Å². The summed E-state index contributed by atoms with van der Waals surface area (Å²) in [6, 6.07) is 23.2. The Morgan fingerprint density at radius 3 is 1.88 bits per heavy atom. The molecule has 0 radical (unpaired) electrons.